The molecule has 0 fully saturated rings. The number of hydrogen-bond acceptors (Lipinski definition) is 4. The number of methoxy groups -OCH3 is 2. The molecule has 2 aromatic rings. The second kappa shape index (κ2) is 10.2. The number of nitrogens with one attached hydrogen (secondary N) is 2. The molecule has 0 unspecified atom stereocenters. The number of urea groups is 1. The van der Waals surface area contributed by atoms with E-state index in [1.54, 1.807) is 19.1 Å². The van der Waals surface area contributed by atoms with E-state index in [1.807, 2.05) is 56.3 Å². The Balaban J connectivity index is 1.73. The summed E-state index contributed by atoms with van der Waals surface area (Å²) in [5, 5.41) is 5.85. The summed E-state index contributed by atoms with van der Waals surface area (Å²) in [6, 6.07) is 12.7. The molecule has 0 aromatic heterocycles. The summed E-state index contributed by atoms with van der Waals surface area (Å²) in [6.07, 6.45) is 1.14. The van der Waals surface area contributed by atoms with Gasteiger partial charge in [0.1, 0.15) is 6.04 Å². The van der Waals surface area contributed by atoms with Crippen LogP contribution < -0.4 is 20.1 Å². The van der Waals surface area contributed by atoms with Gasteiger partial charge in [-0.05, 0) is 49.1 Å². The number of ether oxygens (including phenoxy) is 2. The number of carbonyl (C=O) groups excluding carboxylic acids is 2. The second-order valence-corrected chi connectivity index (χ2v) is 8.00. The third-order valence-electron chi connectivity index (χ3n) is 5.33. The molecule has 31 heavy (non-hydrogen) atoms. The Bertz CT molecular complexity index is 915. The summed E-state index contributed by atoms with van der Waals surface area (Å²) in [5.74, 6) is 1.14. The van der Waals surface area contributed by atoms with Crippen LogP contribution in [0.1, 0.15) is 30.5 Å². The minimum Gasteiger partial charge on any atom is -0.493 e. The molecule has 166 valence electrons. The lowest BCUT2D eigenvalue weighted by molar-refractivity contribution is -0.123. The number of hydrogen-bond donors (Lipinski definition) is 2. The Morgan fingerprint density at radius 1 is 1.00 bits per heavy atom. The Kier molecular flexibility index (Phi) is 7.39. The molecule has 0 saturated heterocycles. The first-order valence-electron chi connectivity index (χ1n) is 10.5. The van der Waals surface area contributed by atoms with Crippen molar-refractivity contribution >= 4 is 11.9 Å². The van der Waals surface area contributed by atoms with E-state index in [1.165, 1.54) is 0 Å². The number of amides is 3. The standard InChI is InChI=1S/C24H31N3O4/c1-16(2)25-23(28)20(12-17-8-6-5-7-9-17)26-24(29)27-11-10-18-13-21(30-3)22(31-4)14-19(18)15-27/h5-9,13-14,16,20H,10-12,15H2,1-4H3,(H,25,28)(H,26,29)/t20-/m0/s1. The SMILES string of the molecule is COc1cc2c(cc1OC)CN(C(=O)N[C@@H](Cc1ccccc1)C(=O)NC(C)C)CC2. The molecule has 2 aromatic carbocycles. The van der Waals surface area contributed by atoms with Gasteiger partial charge in [0.2, 0.25) is 5.91 Å². The van der Waals surface area contributed by atoms with E-state index >= 15 is 0 Å². The van der Waals surface area contributed by atoms with Crippen LogP contribution in [0.15, 0.2) is 42.5 Å². The van der Waals surface area contributed by atoms with E-state index in [0.717, 1.165) is 16.7 Å². The van der Waals surface area contributed by atoms with Crippen molar-refractivity contribution in [1.82, 2.24) is 15.5 Å². The van der Waals surface area contributed by atoms with Crippen LogP contribution in [0.3, 0.4) is 0 Å². The summed E-state index contributed by atoms with van der Waals surface area (Å²) in [6.45, 7) is 4.83. The predicted molar refractivity (Wildman–Crippen MR) is 119 cm³/mol. The molecule has 1 aliphatic heterocycles. The fourth-order valence-corrected chi connectivity index (χ4v) is 3.74. The minimum absolute atomic E-state index is 0.00742. The zero-order valence-electron chi connectivity index (χ0n) is 18.6. The molecule has 0 saturated carbocycles. The number of rotatable bonds is 7. The van der Waals surface area contributed by atoms with Crippen molar-refractivity contribution in [1.29, 1.82) is 0 Å². The van der Waals surface area contributed by atoms with Crippen LogP contribution in [-0.4, -0.2) is 49.7 Å². The zero-order chi connectivity index (χ0) is 22.4. The third kappa shape index (κ3) is 5.69. The van der Waals surface area contributed by atoms with Gasteiger partial charge in [0.05, 0.1) is 14.2 Å². The zero-order valence-corrected chi connectivity index (χ0v) is 18.6. The first-order chi connectivity index (χ1) is 14.9. The number of benzene rings is 2. The van der Waals surface area contributed by atoms with E-state index in [0.29, 0.717) is 37.4 Å². The van der Waals surface area contributed by atoms with Gasteiger partial charge in [-0.1, -0.05) is 30.3 Å². The first-order valence-corrected chi connectivity index (χ1v) is 10.5. The number of fused-ring (bicyclic) bond motifs is 1. The summed E-state index contributed by atoms with van der Waals surface area (Å²) >= 11 is 0. The van der Waals surface area contributed by atoms with E-state index in [2.05, 4.69) is 10.6 Å². The minimum atomic E-state index is -0.649. The number of nitrogens with zero attached hydrogens (tertiary/aromatic N) is 1. The molecular formula is C24H31N3O4. The molecule has 2 N–H and O–H groups in total. The maximum Gasteiger partial charge on any atom is 0.318 e. The predicted octanol–water partition coefficient (Wildman–Crippen LogP) is 2.91. The molecular weight excluding hydrogens is 394 g/mol. The summed E-state index contributed by atoms with van der Waals surface area (Å²) in [4.78, 5) is 27.5. The normalized spacial score (nSPS) is 13.9. The van der Waals surface area contributed by atoms with Crippen LogP contribution in [0.25, 0.3) is 0 Å². The van der Waals surface area contributed by atoms with Gasteiger partial charge in [-0.2, -0.15) is 0 Å². The van der Waals surface area contributed by atoms with E-state index < -0.39 is 6.04 Å². The van der Waals surface area contributed by atoms with Gasteiger partial charge in [0.15, 0.2) is 11.5 Å². The monoisotopic (exact) mass is 425 g/mol. The van der Waals surface area contributed by atoms with Gasteiger partial charge >= 0.3 is 6.03 Å². The van der Waals surface area contributed by atoms with Gasteiger partial charge in [-0.3, -0.25) is 4.79 Å². The maximum absolute atomic E-state index is 13.1. The molecule has 0 radical (unpaired) electrons. The van der Waals surface area contributed by atoms with Gasteiger partial charge in [-0.15, -0.1) is 0 Å². The summed E-state index contributed by atoms with van der Waals surface area (Å²) in [5.41, 5.74) is 3.15. The Morgan fingerprint density at radius 2 is 1.65 bits per heavy atom. The van der Waals surface area contributed by atoms with Crippen molar-refractivity contribution in [2.45, 2.75) is 45.3 Å². The average molecular weight is 426 g/mol. The number of carbonyl (C=O) groups is 2. The molecule has 0 spiro atoms. The Labute approximate surface area is 183 Å². The van der Waals surface area contributed by atoms with Gasteiger partial charge < -0.3 is 25.0 Å². The lowest BCUT2D eigenvalue weighted by Crippen LogP contribution is -2.53. The highest BCUT2D eigenvalue weighted by Gasteiger charge is 2.27. The van der Waals surface area contributed by atoms with E-state index in [-0.39, 0.29) is 18.0 Å². The largest absolute Gasteiger partial charge is 0.493 e. The summed E-state index contributed by atoms with van der Waals surface area (Å²) in [7, 11) is 3.21. The highest BCUT2D eigenvalue weighted by Crippen LogP contribution is 2.33. The quantitative estimate of drug-likeness (QED) is 0.715. The van der Waals surface area contributed by atoms with Crippen LogP contribution in [0.5, 0.6) is 11.5 Å². The molecule has 1 heterocycles. The molecule has 3 rings (SSSR count). The third-order valence-corrected chi connectivity index (χ3v) is 5.33. The van der Waals surface area contributed by atoms with Crippen LogP contribution in [0, 0.1) is 0 Å². The van der Waals surface area contributed by atoms with Gasteiger partial charge in [0.25, 0.3) is 0 Å². The molecule has 7 heteroatoms. The molecule has 3 amide bonds. The molecule has 0 bridgehead atoms. The summed E-state index contributed by atoms with van der Waals surface area (Å²) < 4.78 is 10.8. The Morgan fingerprint density at radius 3 is 2.26 bits per heavy atom. The van der Waals surface area contributed by atoms with Crippen molar-refractivity contribution in [3.05, 3.63) is 59.2 Å². The topological polar surface area (TPSA) is 79.9 Å². The van der Waals surface area contributed by atoms with Crippen LogP contribution in [0.4, 0.5) is 4.79 Å². The Hall–Kier alpha value is -3.22. The smallest absolute Gasteiger partial charge is 0.318 e. The average Bonchev–Trinajstić information content (AvgIpc) is 2.77. The van der Waals surface area contributed by atoms with E-state index in [9.17, 15) is 9.59 Å². The van der Waals surface area contributed by atoms with Crippen LogP contribution >= 0.6 is 0 Å². The van der Waals surface area contributed by atoms with Gasteiger partial charge in [0, 0.05) is 25.6 Å². The van der Waals surface area contributed by atoms with Crippen molar-refractivity contribution in [3.63, 3.8) is 0 Å². The molecule has 7 nitrogen and oxygen atoms in total. The van der Waals surface area contributed by atoms with E-state index in [4.69, 9.17) is 9.47 Å². The van der Waals surface area contributed by atoms with Crippen LogP contribution in [0.2, 0.25) is 0 Å². The second-order valence-electron chi connectivity index (χ2n) is 8.00. The lowest BCUT2D eigenvalue weighted by atomic mass is 9.99. The fraction of sp³-hybridized carbons (Fsp3) is 0.417. The van der Waals surface area contributed by atoms with Crippen molar-refractivity contribution in [2.24, 2.45) is 0 Å². The molecule has 1 aliphatic rings. The van der Waals surface area contributed by atoms with Crippen LogP contribution in [-0.2, 0) is 24.2 Å². The fourth-order valence-electron chi connectivity index (χ4n) is 3.74. The first kappa shape index (κ1) is 22.5. The van der Waals surface area contributed by atoms with Crippen molar-refractivity contribution < 1.29 is 19.1 Å². The highest BCUT2D eigenvalue weighted by atomic mass is 16.5. The van der Waals surface area contributed by atoms with Crippen molar-refractivity contribution in [2.75, 3.05) is 20.8 Å². The van der Waals surface area contributed by atoms with Gasteiger partial charge in [-0.25, -0.2) is 4.79 Å². The van der Waals surface area contributed by atoms with Crippen molar-refractivity contribution in [3.8, 4) is 11.5 Å². The molecule has 1 atom stereocenters. The molecule has 0 aliphatic carbocycles. The lowest BCUT2D eigenvalue weighted by Gasteiger charge is -2.31. The maximum atomic E-state index is 13.1. The highest BCUT2D eigenvalue weighted by molar-refractivity contribution is 5.87.